The summed E-state index contributed by atoms with van der Waals surface area (Å²) < 4.78 is 36.3. The van der Waals surface area contributed by atoms with E-state index >= 15 is 0 Å². The molecule has 0 radical (unpaired) electrons. The van der Waals surface area contributed by atoms with E-state index in [4.69, 9.17) is 5.11 Å². The molecule has 0 fully saturated rings. The van der Waals surface area contributed by atoms with Crippen LogP contribution in [-0.4, -0.2) is 5.11 Å². The Kier molecular flexibility index (Phi) is 3.80. The maximum Gasteiger partial charge on any atom is 0.203 e. The molecule has 5 heteroatoms. The van der Waals surface area contributed by atoms with E-state index in [9.17, 15) is 13.2 Å². The molecule has 1 N–H and O–H groups in total. The molecule has 0 bridgehead atoms. The Bertz CT molecular complexity index is 237. The third-order valence-corrected chi connectivity index (χ3v) is 1.02. The van der Waals surface area contributed by atoms with Crippen molar-refractivity contribution in [3.05, 3.63) is 29.6 Å². The molecule has 0 spiro atoms. The van der Waals surface area contributed by atoms with Crippen LogP contribution < -0.4 is 0 Å². The van der Waals surface area contributed by atoms with Crippen LogP contribution in [0.25, 0.3) is 0 Å². The van der Waals surface area contributed by atoms with Gasteiger partial charge in [0.2, 0.25) is 5.82 Å². The van der Waals surface area contributed by atoms with E-state index in [-0.39, 0.29) is 26.2 Å². The van der Waals surface area contributed by atoms with Crippen LogP contribution >= 0.6 is 0 Å². The number of phenols is 1. The number of rotatable bonds is 0. The number of hydrogen-bond acceptors (Lipinski definition) is 1. The molecule has 1 aromatic rings. The van der Waals surface area contributed by atoms with Gasteiger partial charge in [0.25, 0.3) is 0 Å². The first-order valence-corrected chi connectivity index (χ1v) is 2.45. The zero-order valence-corrected chi connectivity index (χ0v) is 7.69. The van der Waals surface area contributed by atoms with E-state index in [1.807, 2.05) is 0 Å². The fourth-order valence-electron chi connectivity index (χ4n) is 0.516. The molecule has 0 aliphatic carbocycles. The second kappa shape index (κ2) is 3.91. The summed E-state index contributed by atoms with van der Waals surface area (Å²) in [6.07, 6.45) is 0. The third-order valence-electron chi connectivity index (χ3n) is 1.02. The summed E-state index contributed by atoms with van der Waals surface area (Å²) >= 11 is 0. The Labute approximate surface area is 80.0 Å². The second-order valence-electron chi connectivity index (χ2n) is 1.69. The molecule has 0 amide bonds. The molecule has 0 unspecified atom stereocenters. The first kappa shape index (κ1) is 10.7. The van der Waals surface area contributed by atoms with Gasteiger partial charge in [0.15, 0.2) is 17.4 Å². The Balaban J connectivity index is 0.000001000. The molecule has 0 aliphatic heterocycles. The normalized spacial score (nSPS) is 9.00. The smallest absolute Gasteiger partial charge is 0.203 e. The zero-order valence-electron chi connectivity index (χ0n) is 5.24. The van der Waals surface area contributed by atoms with E-state index in [0.29, 0.717) is 12.1 Å². The molecule has 0 heterocycles. The minimum Gasteiger partial charge on any atom is -0.503 e. The van der Waals surface area contributed by atoms with Crippen LogP contribution in [0, 0.1) is 17.5 Å². The summed E-state index contributed by atoms with van der Waals surface area (Å²) in [5, 5.41) is 8.40. The minimum atomic E-state index is -1.56. The van der Waals surface area contributed by atoms with Crippen LogP contribution in [0.15, 0.2) is 12.1 Å². The van der Waals surface area contributed by atoms with Gasteiger partial charge < -0.3 is 5.11 Å². The molecule has 11 heavy (non-hydrogen) atoms. The van der Waals surface area contributed by atoms with Crippen molar-refractivity contribution >= 4 is 0 Å². The number of benzene rings is 1. The standard InChI is InChI=1S/C6H3F3O.Zr/c7-3-1-2-4(8)6(10)5(3)9;/h1-2,10H;. The molecular weight excluding hydrogens is 236 g/mol. The fraction of sp³-hybridized carbons (Fsp3) is 0. The third kappa shape index (κ3) is 2.06. The second-order valence-corrected chi connectivity index (χ2v) is 1.69. The van der Waals surface area contributed by atoms with Crippen molar-refractivity contribution in [2.45, 2.75) is 0 Å². The summed E-state index contributed by atoms with van der Waals surface area (Å²) in [4.78, 5) is 0. The first-order valence-electron chi connectivity index (χ1n) is 2.45. The van der Waals surface area contributed by atoms with Crippen LogP contribution in [0.3, 0.4) is 0 Å². The van der Waals surface area contributed by atoms with Crippen molar-refractivity contribution in [2.24, 2.45) is 0 Å². The molecule has 0 saturated carbocycles. The van der Waals surface area contributed by atoms with E-state index in [2.05, 4.69) is 0 Å². The average molecular weight is 239 g/mol. The number of hydrogen-bond donors (Lipinski definition) is 1. The van der Waals surface area contributed by atoms with E-state index < -0.39 is 23.2 Å². The molecule has 0 aliphatic rings. The molecule has 0 saturated heterocycles. The van der Waals surface area contributed by atoms with E-state index in [1.54, 1.807) is 0 Å². The Hall–Kier alpha value is -0.307. The van der Waals surface area contributed by atoms with Crippen molar-refractivity contribution in [1.29, 1.82) is 0 Å². The average Bonchev–Trinajstić information content (AvgIpc) is 1.93. The Morgan fingerprint density at radius 2 is 1.45 bits per heavy atom. The largest absolute Gasteiger partial charge is 0.503 e. The number of aromatic hydroxyl groups is 1. The molecule has 1 nitrogen and oxygen atoms in total. The van der Waals surface area contributed by atoms with Gasteiger partial charge in [-0.3, -0.25) is 0 Å². The van der Waals surface area contributed by atoms with Crippen LogP contribution in [0.5, 0.6) is 5.75 Å². The molecular formula is C6H3F3OZr. The van der Waals surface area contributed by atoms with Crippen LogP contribution in [0.4, 0.5) is 13.2 Å². The minimum absolute atomic E-state index is 0. The number of halogens is 3. The summed E-state index contributed by atoms with van der Waals surface area (Å²) in [5.74, 6) is -5.27. The zero-order chi connectivity index (χ0) is 7.72. The van der Waals surface area contributed by atoms with Crippen LogP contribution in [0.2, 0.25) is 0 Å². The van der Waals surface area contributed by atoms with Gasteiger partial charge in [-0.1, -0.05) is 0 Å². The molecule has 1 rings (SSSR count). The van der Waals surface area contributed by atoms with Crippen molar-refractivity contribution in [2.75, 3.05) is 0 Å². The Morgan fingerprint density at radius 3 is 1.91 bits per heavy atom. The maximum atomic E-state index is 12.1. The summed E-state index contributed by atoms with van der Waals surface area (Å²) in [7, 11) is 0. The van der Waals surface area contributed by atoms with Crippen molar-refractivity contribution in [3.63, 3.8) is 0 Å². The van der Waals surface area contributed by atoms with Gasteiger partial charge in [0.05, 0.1) is 0 Å². The quantitative estimate of drug-likeness (QED) is 0.685. The van der Waals surface area contributed by atoms with Gasteiger partial charge in [0, 0.05) is 26.2 Å². The number of phenolic OH excluding ortho intramolecular Hbond substituents is 1. The van der Waals surface area contributed by atoms with Crippen LogP contribution in [0.1, 0.15) is 0 Å². The predicted molar refractivity (Wildman–Crippen MR) is 28.0 cm³/mol. The molecule has 1 aromatic carbocycles. The summed E-state index contributed by atoms with van der Waals surface area (Å²) in [6.45, 7) is 0. The van der Waals surface area contributed by atoms with Crippen molar-refractivity contribution in [1.82, 2.24) is 0 Å². The first-order chi connectivity index (χ1) is 4.63. The van der Waals surface area contributed by atoms with Gasteiger partial charge in [0.1, 0.15) is 0 Å². The van der Waals surface area contributed by atoms with Gasteiger partial charge in [-0.05, 0) is 12.1 Å². The van der Waals surface area contributed by atoms with Gasteiger partial charge in [-0.25, -0.2) is 8.78 Å². The summed E-state index contributed by atoms with van der Waals surface area (Å²) in [5.41, 5.74) is 0. The topological polar surface area (TPSA) is 20.2 Å². The van der Waals surface area contributed by atoms with E-state index in [0.717, 1.165) is 0 Å². The predicted octanol–water partition coefficient (Wildman–Crippen LogP) is 1.81. The van der Waals surface area contributed by atoms with Crippen molar-refractivity contribution in [3.8, 4) is 5.75 Å². The van der Waals surface area contributed by atoms with Gasteiger partial charge >= 0.3 is 0 Å². The maximum absolute atomic E-state index is 12.1. The summed E-state index contributed by atoms with van der Waals surface area (Å²) in [6, 6.07) is 1.25. The van der Waals surface area contributed by atoms with Gasteiger partial charge in [-0.15, -0.1) is 0 Å². The monoisotopic (exact) mass is 238 g/mol. The molecule has 0 aromatic heterocycles. The SMILES string of the molecule is Oc1c(F)ccc(F)c1F.[Zr]. The molecule has 0 atom stereocenters. The molecule has 58 valence electrons. The van der Waals surface area contributed by atoms with E-state index in [1.165, 1.54) is 0 Å². The van der Waals surface area contributed by atoms with Crippen molar-refractivity contribution < 1.29 is 44.5 Å². The van der Waals surface area contributed by atoms with Crippen LogP contribution in [-0.2, 0) is 26.2 Å². The Morgan fingerprint density at radius 1 is 1.00 bits per heavy atom. The van der Waals surface area contributed by atoms with Gasteiger partial charge in [-0.2, -0.15) is 4.39 Å². The fourth-order valence-corrected chi connectivity index (χ4v) is 0.516.